The molecule has 0 spiro atoms. The van der Waals surface area contributed by atoms with Gasteiger partial charge in [-0.2, -0.15) is 5.10 Å². The molecule has 3 N–H and O–H groups in total. The fraction of sp³-hybridized carbons (Fsp3) is 0.100. The Balaban J connectivity index is 1.99. The molecule has 0 bridgehead atoms. The number of nitrogens with two attached hydrogens (primary N) is 1. The number of aromatic amines is 1. The molecule has 0 saturated carbocycles. The largest absolute Gasteiger partial charge is 0.473 e. The minimum atomic E-state index is 0.413. The molecule has 0 aliphatic heterocycles. The second-order valence-electron chi connectivity index (χ2n) is 3.08. The maximum absolute atomic E-state index is 5.83. The van der Waals surface area contributed by atoms with Crippen molar-refractivity contribution in [2.45, 2.75) is 6.61 Å². The van der Waals surface area contributed by atoms with E-state index in [9.17, 15) is 0 Å². The predicted molar refractivity (Wildman–Crippen MR) is 58.8 cm³/mol. The van der Waals surface area contributed by atoms with Crippen LogP contribution in [0.15, 0.2) is 30.3 Å². The van der Waals surface area contributed by atoms with Crippen LogP contribution in [0.4, 0.5) is 5.82 Å². The van der Waals surface area contributed by atoms with Crippen LogP contribution in [-0.4, -0.2) is 10.2 Å². The number of ether oxygens (including phenoxy) is 1. The number of H-pyrrole nitrogens is 1. The van der Waals surface area contributed by atoms with Gasteiger partial charge in [0.25, 0.3) is 0 Å². The summed E-state index contributed by atoms with van der Waals surface area (Å²) in [7, 11) is 0. The average Bonchev–Trinajstić information content (AvgIpc) is 2.62. The molecule has 0 amide bonds. The first-order valence-electron chi connectivity index (χ1n) is 4.42. The lowest BCUT2D eigenvalue weighted by atomic mass is 10.2. The summed E-state index contributed by atoms with van der Waals surface area (Å²) in [6.45, 7) is 0.433. The molecule has 0 saturated heterocycles. The Hall–Kier alpha value is -1.68. The van der Waals surface area contributed by atoms with E-state index in [1.807, 2.05) is 24.3 Å². The quantitative estimate of drug-likeness (QED) is 0.839. The van der Waals surface area contributed by atoms with Gasteiger partial charge in [0, 0.05) is 11.1 Å². The molecule has 0 atom stereocenters. The molecule has 0 fully saturated rings. The van der Waals surface area contributed by atoms with Crippen LogP contribution in [0, 0.1) is 0 Å². The van der Waals surface area contributed by atoms with Crippen molar-refractivity contribution in [2.24, 2.45) is 0 Å². The maximum Gasteiger partial charge on any atom is 0.211 e. The van der Waals surface area contributed by atoms with Crippen molar-refractivity contribution in [3.05, 3.63) is 40.9 Å². The fourth-order valence-electron chi connectivity index (χ4n) is 1.18. The summed E-state index contributed by atoms with van der Waals surface area (Å²) in [6.07, 6.45) is 0. The highest BCUT2D eigenvalue weighted by atomic mass is 35.5. The zero-order valence-corrected chi connectivity index (χ0v) is 8.66. The molecule has 0 unspecified atom stereocenters. The average molecular weight is 224 g/mol. The van der Waals surface area contributed by atoms with Crippen LogP contribution in [0.2, 0.25) is 5.02 Å². The molecule has 1 heterocycles. The lowest BCUT2D eigenvalue weighted by Crippen LogP contribution is -1.95. The molecule has 1 aromatic heterocycles. The highest BCUT2D eigenvalue weighted by molar-refractivity contribution is 6.30. The van der Waals surface area contributed by atoms with Crippen molar-refractivity contribution >= 4 is 17.4 Å². The molecule has 15 heavy (non-hydrogen) atoms. The molecule has 78 valence electrons. The molecule has 0 radical (unpaired) electrons. The molecule has 0 aliphatic carbocycles. The van der Waals surface area contributed by atoms with Crippen LogP contribution in [0.1, 0.15) is 5.56 Å². The molecule has 2 rings (SSSR count). The molecule has 2 aromatic rings. The first kappa shape index (κ1) is 9.86. The van der Waals surface area contributed by atoms with E-state index >= 15 is 0 Å². The number of aromatic nitrogens is 2. The maximum atomic E-state index is 5.83. The Kier molecular flexibility index (Phi) is 2.78. The molecule has 0 aliphatic rings. The van der Waals surface area contributed by atoms with Gasteiger partial charge in [0.1, 0.15) is 12.4 Å². The van der Waals surface area contributed by atoms with E-state index in [0.717, 1.165) is 5.56 Å². The SMILES string of the molecule is Nc1cc(OCc2cccc(Cl)c2)[nH]n1. The van der Waals surface area contributed by atoms with Gasteiger partial charge in [-0.15, -0.1) is 0 Å². The van der Waals surface area contributed by atoms with Gasteiger partial charge in [-0.25, -0.2) is 5.10 Å². The zero-order valence-electron chi connectivity index (χ0n) is 7.90. The van der Waals surface area contributed by atoms with Gasteiger partial charge >= 0.3 is 0 Å². The van der Waals surface area contributed by atoms with E-state index in [0.29, 0.717) is 23.3 Å². The van der Waals surface area contributed by atoms with Gasteiger partial charge in [0.05, 0.1) is 0 Å². The predicted octanol–water partition coefficient (Wildman–Crippen LogP) is 2.22. The number of anilines is 1. The van der Waals surface area contributed by atoms with Crippen molar-refractivity contribution in [3.63, 3.8) is 0 Å². The van der Waals surface area contributed by atoms with Crippen molar-refractivity contribution in [1.29, 1.82) is 0 Å². The van der Waals surface area contributed by atoms with Crippen LogP contribution in [-0.2, 0) is 6.61 Å². The van der Waals surface area contributed by atoms with Crippen molar-refractivity contribution in [2.75, 3.05) is 5.73 Å². The summed E-state index contributed by atoms with van der Waals surface area (Å²) >= 11 is 5.83. The summed E-state index contributed by atoms with van der Waals surface area (Å²) in [5.41, 5.74) is 6.42. The summed E-state index contributed by atoms with van der Waals surface area (Å²) in [6, 6.07) is 9.11. The first-order valence-corrected chi connectivity index (χ1v) is 4.80. The minimum Gasteiger partial charge on any atom is -0.473 e. The van der Waals surface area contributed by atoms with Gasteiger partial charge in [-0.1, -0.05) is 23.7 Å². The normalized spacial score (nSPS) is 10.2. The Labute approximate surface area is 92.0 Å². The monoisotopic (exact) mass is 223 g/mol. The smallest absolute Gasteiger partial charge is 0.211 e. The van der Waals surface area contributed by atoms with Gasteiger partial charge < -0.3 is 10.5 Å². The zero-order chi connectivity index (χ0) is 10.7. The summed E-state index contributed by atoms with van der Waals surface area (Å²) in [5, 5.41) is 7.10. The van der Waals surface area contributed by atoms with E-state index in [4.69, 9.17) is 22.1 Å². The van der Waals surface area contributed by atoms with Gasteiger partial charge in [-0.05, 0) is 17.7 Å². The molecular weight excluding hydrogens is 214 g/mol. The summed E-state index contributed by atoms with van der Waals surface area (Å²) < 4.78 is 5.41. The van der Waals surface area contributed by atoms with Crippen molar-refractivity contribution in [1.82, 2.24) is 10.2 Å². The number of nitrogens with one attached hydrogen (secondary N) is 1. The van der Waals surface area contributed by atoms with Crippen LogP contribution in [0.25, 0.3) is 0 Å². The Morgan fingerprint density at radius 1 is 1.40 bits per heavy atom. The number of nitrogen functional groups attached to an aromatic ring is 1. The Morgan fingerprint density at radius 2 is 2.27 bits per heavy atom. The number of nitrogens with zero attached hydrogens (tertiary/aromatic N) is 1. The first-order chi connectivity index (χ1) is 7.24. The third-order valence-electron chi connectivity index (χ3n) is 1.86. The molecule has 1 aromatic carbocycles. The highest BCUT2D eigenvalue weighted by Gasteiger charge is 1.99. The second kappa shape index (κ2) is 4.23. The Morgan fingerprint density at radius 3 is 2.93 bits per heavy atom. The van der Waals surface area contributed by atoms with E-state index in [1.165, 1.54) is 0 Å². The van der Waals surface area contributed by atoms with E-state index < -0.39 is 0 Å². The van der Waals surface area contributed by atoms with Crippen LogP contribution in [0.5, 0.6) is 5.88 Å². The summed E-state index contributed by atoms with van der Waals surface area (Å²) in [5.74, 6) is 0.962. The minimum absolute atomic E-state index is 0.413. The van der Waals surface area contributed by atoms with Gasteiger partial charge in [-0.3, -0.25) is 0 Å². The summed E-state index contributed by atoms with van der Waals surface area (Å²) in [4.78, 5) is 0. The second-order valence-corrected chi connectivity index (χ2v) is 3.51. The standard InChI is InChI=1S/C10H10ClN3O/c11-8-3-1-2-7(4-8)6-15-10-5-9(12)13-14-10/h1-5H,6H2,(H3,12,13,14). The number of halogens is 1. The number of benzene rings is 1. The lowest BCUT2D eigenvalue weighted by molar-refractivity contribution is 0.293. The van der Waals surface area contributed by atoms with Crippen LogP contribution < -0.4 is 10.5 Å². The fourth-order valence-corrected chi connectivity index (χ4v) is 1.39. The number of rotatable bonds is 3. The van der Waals surface area contributed by atoms with Crippen LogP contribution >= 0.6 is 11.6 Å². The van der Waals surface area contributed by atoms with Crippen molar-refractivity contribution < 1.29 is 4.74 Å². The van der Waals surface area contributed by atoms with E-state index in [-0.39, 0.29) is 0 Å². The van der Waals surface area contributed by atoms with Gasteiger partial charge in [0.15, 0.2) is 0 Å². The lowest BCUT2D eigenvalue weighted by Gasteiger charge is -2.03. The van der Waals surface area contributed by atoms with Gasteiger partial charge in [0.2, 0.25) is 5.88 Å². The highest BCUT2D eigenvalue weighted by Crippen LogP contribution is 2.14. The topological polar surface area (TPSA) is 63.9 Å². The number of hydrogen-bond donors (Lipinski definition) is 2. The van der Waals surface area contributed by atoms with E-state index in [1.54, 1.807) is 6.07 Å². The third kappa shape index (κ3) is 2.63. The van der Waals surface area contributed by atoms with Crippen molar-refractivity contribution in [3.8, 4) is 5.88 Å². The molecule has 5 heteroatoms. The molecule has 4 nitrogen and oxygen atoms in total. The van der Waals surface area contributed by atoms with E-state index in [2.05, 4.69) is 10.2 Å². The Bertz CT molecular complexity index is 455. The third-order valence-corrected chi connectivity index (χ3v) is 2.09. The number of hydrogen-bond acceptors (Lipinski definition) is 3. The molecular formula is C10H10ClN3O. The van der Waals surface area contributed by atoms with Crippen LogP contribution in [0.3, 0.4) is 0 Å².